The molecule has 1 unspecified atom stereocenters. The molecule has 0 amide bonds. The third-order valence-corrected chi connectivity index (χ3v) is 4.38. The van der Waals surface area contributed by atoms with Crippen LogP contribution in [-0.4, -0.2) is 29.5 Å². The van der Waals surface area contributed by atoms with Crippen molar-refractivity contribution in [1.29, 1.82) is 0 Å². The average Bonchev–Trinajstić information content (AvgIpc) is 2.93. The van der Waals surface area contributed by atoms with E-state index in [2.05, 4.69) is 41.4 Å². The van der Waals surface area contributed by atoms with Crippen molar-refractivity contribution in [2.24, 2.45) is 0 Å². The van der Waals surface area contributed by atoms with Gasteiger partial charge in [-0.2, -0.15) is 0 Å². The molecule has 1 aromatic heterocycles. The van der Waals surface area contributed by atoms with Crippen molar-refractivity contribution in [2.75, 3.05) is 18.9 Å². The predicted octanol–water partition coefficient (Wildman–Crippen LogP) is 3.65. The quantitative estimate of drug-likeness (QED) is 0.918. The second-order valence-corrected chi connectivity index (χ2v) is 5.61. The molecule has 0 bridgehead atoms. The lowest BCUT2D eigenvalue weighted by Gasteiger charge is -2.24. The van der Waals surface area contributed by atoms with E-state index in [0.29, 0.717) is 0 Å². The van der Waals surface area contributed by atoms with Crippen LogP contribution in [0.4, 0.5) is 5.82 Å². The van der Waals surface area contributed by atoms with E-state index in [1.807, 2.05) is 13.1 Å². The molecule has 106 valence electrons. The zero-order valence-electron chi connectivity index (χ0n) is 12.4. The fraction of sp³-hybridized carbons (Fsp3) is 0.471. The van der Waals surface area contributed by atoms with Gasteiger partial charge in [0.15, 0.2) is 0 Å². The number of pyridine rings is 1. The van der Waals surface area contributed by atoms with Gasteiger partial charge in [0.05, 0.1) is 5.52 Å². The van der Waals surface area contributed by atoms with Gasteiger partial charge in [0, 0.05) is 30.6 Å². The Balaban J connectivity index is 1.93. The number of nitrogens with one attached hydrogen (secondary N) is 1. The molecule has 20 heavy (non-hydrogen) atoms. The van der Waals surface area contributed by atoms with Crippen molar-refractivity contribution < 1.29 is 0 Å². The highest BCUT2D eigenvalue weighted by molar-refractivity contribution is 5.81. The number of nitrogens with zero attached hydrogens (tertiary/aromatic N) is 2. The largest absolute Gasteiger partial charge is 0.373 e. The van der Waals surface area contributed by atoms with Crippen molar-refractivity contribution in [3.8, 4) is 0 Å². The summed E-state index contributed by atoms with van der Waals surface area (Å²) in [6, 6.07) is 11.4. The number of likely N-dealkylation sites (tertiary alicyclic amines) is 1. The summed E-state index contributed by atoms with van der Waals surface area (Å²) in [6.45, 7) is 4.52. The molecule has 2 heterocycles. The van der Waals surface area contributed by atoms with Crippen LogP contribution >= 0.6 is 0 Å². The third kappa shape index (κ3) is 2.50. The minimum Gasteiger partial charge on any atom is -0.373 e. The second-order valence-electron chi connectivity index (χ2n) is 5.61. The van der Waals surface area contributed by atoms with E-state index in [9.17, 15) is 0 Å². The molecule has 2 aromatic rings. The van der Waals surface area contributed by atoms with Crippen LogP contribution in [0.3, 0.4) is 0 Å². The van der Waals surface area contributed by atoms with Gasteiger partial charge in [-0.25, -0.2) is 4.98 Å². The lowest BCUT2D eigenvalue weighted by atomic mass is 10.1. The monoisotopic (exact) mass is 269 g/mol. The topological polar surface area (TPSA) is 28.2 Å². The van der Waals surface area contributed by atoms with Gasteiger partial charge in [0.1, 0.15) is 5.82 Å². The zero-order chi connectivity index (χ0) is 13.9. The van der Waals surface area contributed by atoms with Gasteiger partial charge >= 0.3 is 0 Å². The minimum atomic E-state index is 0.742. The van der Waals surface area contributed by atoms with Crippen LogP contribution in [0, 0.1) is 0 Å². The van der Waals surface area contributed by atoms with Crippen LogP contribution in [0.2, 0.25) is 0 Å². The molecule has 0 radical (unpaired) electrons. The highest BCUT2D eigenvalue weighted by Gasteiger charge is 2.23. The van der Waals surface area contributed by atoms with E-state index in [0.717, 1.165) is 23.9 Å². The summed E-state index contributed by atoms with van der Waals surface area (Å²) in [5.41, 5.74) is 2.38. The number of anilines is 1. The van der Waals surface area contributed by atoms with Crippen molar-refractivity contribution in [3.63, 3.8) is 0 Å². The molecular formula is C17H23N3. The summed E-state index contributed by atoms with van der Waals surface area (Å²) in [5.74, 6) is 1.02. The van der Waals surface area contributed by atoms with Crippen LogP contribution in [0.15, 0.2) is 30.3 Å². The molecule has 3 nitrogen and oxygen atoms in total. The van der Waals surface area contributed by atoms with Crippen LogP contribution in [0.1, 0.15) is 31.7 Å². The number of benzene rings is 1. The van der Waals surface area contributed by atoms with E-state index >= 15 is 0 Å². The van der Waals surface area contributed by atoms with Gasteiger partial charge in [-0.3, -0.25) is 4.90 Å². The maximum atomic E-state index is 4.75. The average molecular weight is 269 g/mol. The predicted molar refractivity (Wildman–Crippen MR) is 85.0 cm³/mol. The molecule has 0 saturated carbocycles. The van der Waals surface area contributed by atoms with Crippen LogP contribution in [0.5, 0.6) is 0 Å². The molecule has 0 aliphatic carbocycles. The van der Waals surface area contributed by atoms with Crippen molar-refractivity contribution in [1.82, 2.24) is 9.88 Å². The van der Waals surface area contributed by atoms with E-state index in [-0.39, 0.29) is 0 Å². The molecule has 3 heteroatoms. The Morgan fingerprint density at radius 3 is 3.00 bits per heavy atom. The number of rotatable bonds is 4. The van der Waals surface area contributed by atoms with E-state index in [1.54, 1.807) is 0 Å². The van der Waals surface area contributed by atoms with E-state index in [1.165, 1.54) is 36.8 Å². The Hall–Kier alpha value is -1.61. The Labute approximate surface area is 121 Å². The van der Waals surface area contributed by atoms with Crippen molar-refractivity contribution >= 4 is 16.7 Å². The first-order chi connectivity index (χ1) is 9.81. The zero-order valence-corrected chi connectivity index (χ0v) is 12.4. The molecule has 0 spiro atoms. The van der Waals surface area contributed by atoms with E-state index in [4.69, 9.17) is 4.98 Å². The van der Waals surface area contributed by atoms with Crippen molar-refractivity contribution in [2.45, 2.75) is 38.8 Å². The third-order valence-electron chi connectivity index (χ3n) is 4.38. The normalized spacial score (nSPS) is 19.6. The molecule has 1 atom stereocenters. The summed E-state index contributed by atoms with van der Waals surface area (Å²) in [6.07, 6.45) is 3.91. The first kappa shape index (κ1) is 13.4. The summed E-state index contributed by atoms with van der Waals surface area (Å²) < 4.78 is 0. The molecular weight excluding hydrogens is 246 g/mol. The van der Waals surface area contributed by atoms with E-state index < -0.39 is 0 Å². The first-order valence-electron chi connectivity index (χ1n) is 7.62. The maximum absolute atomic E-state index is 4.75. The standard InChI is InChI=1S/C17H23N3/c1-3-15-8-6-10-20(15)12-14-11-13-7-4-5-9-16(13)19-17(14)18-2/h4-5,7,9,11,15H,3,6,8,10,12H2,1-2H3,(H,18,19). The van der Waals surface area contributed by atoms with Gasteiger partial charge in [-0.05, 0) is 37.9 Å². The molecule has 1 aromatic carbocycles. The fourth-order valence-electron chi connectivity index (χ4n) is 3.28. The number of para-hydroxylation sites is 1. The van der Waals surface area contributed by atoms with Gasteiger partial charge in [0.2, 0.25) is 0 Å². The van der Waals surface area contributed by atoms with Crippen LogP contribution in [-0.2, 0) is 6.54 Å². The first-order valence-corrected chi connectivity index (χ1v) is 7.62. The highest BCUT2D eigenvalue weighted by Crippen LogP contribution is 2.26. The number of hydrogen-bond donors (Lipinski definition) is 1. The molecule has 1 fully saturated rings. The lowest BCUT2D eigenvalue weighted by Crippen LogP contribution is -2.28. The summed E-state index contributed by atoms with van der Waals surface area (Å²) in [5, 5.41) is 4.49. The molecule has 1 aliphatic heterocycles. The van der Waals surface area contributed by atoms with Gasteiger partial charge < -0.3 is 5.32 Å². The van der Waals surface area contributed by atoms with Crippen LogP contribution < -0.4 is 5.32 Å². The molecule has 1 saturated heterocycles. The Bertz CT molecular complexity index is 594. The summed E-state index contributed by atoms with van der Waals surface area (Å²) in [4.78, 5) is 7.35. The second kappa shape index (κ2) is 5.80. The lowest BCUT2D eigenvalue weighted by molar-refractivity contribution is 0.240. The maximum Gasteiger partial charge on any atom is 0.130 e. The molecule has 1 N–H and O–H groups in total. The van der Waals surface area contributed by atoms with Gasteiger partial charge in [0.25, 0.3) is 0 Å². The Morgan fingerprint density at radius 1 is 1.35 bits per heavy atom. The fourth-order valence-corrected chi connectivity index (χ4v) is 3.28. The summed E-state index contributed by atoms with van der Waals surface area (Å²) in [7, 11) is 1.96. The number of fused-ring (bicyclic) bond motifs is 1. The SMILES string of the molecule is CCC1CCCN1Cc1cc2ccccc2nc1NC. The number of hydrogen-bond acceptors (Lipinski definition) is 3. The van der Waals surface area contributed by atoms with Crippen LogP contribution in [0.25, 0.3) is 10.9 Å². The Kier molecular flexibility index (Phi) is 3.88. The smallest absolute Gasteiger partial charge is 0.130 e. The van der Waals surface area contributed by atoms with Gasteiger partial charge in [-0.1, -0.05) is 25.1 Å². The van der Waals surface area contributed by atoms with Crippen molar-refractivity contribution in [3.05, 3.63) is 35.9 Å². The highest BCUT2D eigenvalue weighted by atomic mass is 15.2. The molecule has 3 rings (SSSR count). The number of aromatic nitrogens is 1. The summed E-state index contributed by atoms with van der Waals surface area (Å²) >= 11 is 0. The van der Waals surface area contributed by atoms with Gasteiger partial charge in [-0.15, -0.1) is 0 Å². The Morgan fingerprint density at radius 2 is 2.20 bits per heavy atom. The minimum absolute atomic E-state index is 0.742. The molecule has 1 aliphatic rings.